The van der Waals surface area contributed by atoms with Gasteiger partial charge >= 0.3 is 0 Å². The van der Waals surface area contributed by atoms with Crippen molar-refractivity contribution in [3.63, 3.8) is 0 Å². The largest absolute Gasteiger partial charge is 0.0839 e. The van der Waals surface area contributed by atoms with E-state index in [2.05, 4.69) is 73.4 Å². The van der Waals surface area contributed by atoms with Crippen molar-refractivity contribution < 1.29 is 0 Å². The third-order valence-corrected chi connectivity index (χ3v) is 13.2. The lowest BCUT2D eigenvalue weighted by atomic mass is 9.77. The molecule has 1 aromatic carbocycles. The average Bonchev–Trinajstić information content (AvgIpc) is 3.12. The van der Waals surface area contributed by atoms with Crippen molar-refractivity contribution in [1.82, 2.24) is 0 Å². The van der Waals surface area contributed by atoms with E-state index in [1.807, 2.05) is 16.7 Å². The summed E-state index contributed by atoms with van der Waals surface area (Å²) in [6.45, 7) is 14.2. The number of alkyl halides is 2. The van der Waals surface area contributed by atoms with E-state index < -0.39 is 0 Å². The van der Waals surface area contributed by atoms with E-state index in [-0.39, 0.29) is 0 Å². The fourth-order valence-corrected chi connectivity index (χ4v) is 10.1. The zero-order chi connectivity index (χ0) is 36.7. The predicted molar refractivity (Wildman–Crippen MR) is 237 cm³/mol. The van der Waals surface area contributed by atoms with Crippen LogP contribution in [0.3, 0.4) is 0 Å². The highest BCUT2D eigenvalue weighted by Crippen LogP contribution is 2.46. The van der Waals surface area contributed by atoms with Crippen molar-refractivity contribution in [3.05, 3.63) is 33.4 Å². The van der Waals surface area contributed by atoms with E-state index >= 15 is 0 Å². The quantitative estimate of drug-likeness (QED) is 0.0467. The Morgan fingerprint density at radius 1 is 0.280 bits per heavy atom. The minimum atomic E-state index is 0.490. The molecule has 0 heterocycles. The smallest absolute Gasteiger partial charge is 0.0401 e. The van der Waals surface area contributed by atoms with Crippen LogP contribution in [0, 0.1) is 0 Å². The van der Waals surface area contributed by atoms with Crippen LogP contribution in [0.5, 0.6) is 0 Å². The molecular formula is C48H88Br2. The van der Waals surface area contributed by atoms with Crippen LogP contribution >= 0.6 is 31.9 Å². The number of benzene rings is 1. The molecule has 0 aliphatic rings. The monoisotopic (exact) mass is 823 g/mol. The van der Waals surface area contributed by atoms with Crippen LogP contribution < -0.4 is 0 Å². The summed E-state index contributed by atoms with van der Waals surface area (Å²) in [5.41, 5.74) is 10.8. The lowest BCUT2D eigenvalue weighted by molar-refractivity contribution is 0.568. The first-order valence-electron chi connectivity index (χ1n) is 23.0. The highest BCUT2D eigenvalue weighted by molar-refractivity contribution is 9.09. The molecule has 2 unspecified atom stereocenters. The fraction of sp³-hybridized carbons (Fsp3) is 0.875. The lowest BCUT2D eigenvalue weighted by Gasteiger charge is -2.32. The van der Waals surface area contributed by atoms with Crippen molar-refractivity contribution in [2.45, 2.75) is 270 Å². The van der Waals surface area contributed by atoms with Crippen LogP contribution in [-0.2, 0) is 25.7 Å². The van der Waals surface area contributed by atoms with Crippen LogP contribution in [-0.4, -0.2) is 0 Å². The molecule has 0 amide bonds. The summed E-state index contributed by atoms with van der Waals surface area (Å²) in [4.78, 5) is 0.979. The average molecular weight is 825 g/mol. The Morgan fingerprint density at radius 3 is 0.840 bits per heavy atom. The van der Waals surface area contributed by atoms with Gasteiger partial charge < -0.3 is 0 Å². The maximum absolute atomic E-state index is 4.44. The van der Waals surface area contributed by atoms with E-state index in [1.54, 1.807) is 16.7 Å². The molecule has 50 heavy (non-hydrogen) atoms. The Kier molecular flexibility index (Phi) is 32.5. The molecule has 0 aliphatic heterocycles. The second kappa shape index (κ2) is 33.7. The fourth-order valence-electron chi connectivity index (χ4n) is 8.30. The number of halogens is 2. The van der Waals surface area contributed by atoms with E-state index in [4.69, 9.17) is 0 Å². The Hall–Kier alpha value is 0.180. The van der Waals surface area contributed by atoms with Gasteiger partial charge in [-0.3, -0.25) is 0 Å². The minimum Gasteiger partial charge on any atom is -0.0839 e. The van der Waals surface area contributed by atoms with Crippen LogP contribution in [0.15, 0.2) is 0 Å². The molecule has 0 N–H and O–H groups in total. The zero-order valence-electron chi connectivity index (χ0n) is 35.0. The van der Waals surface area contributed by atoms with Crippen LogP contribution in [0.25, 0.3) is 0 Å². The van der Waals surface area contributed by atoms with Gasteiger partial charge in [-0.25, -0.2) is 0 Å². The molecule has 0 nitrogen and oxygen atoms in total. The summed E-state index contributed by atoms with van der Waals surface area (Å²) in [5, 5.41) is 0. The first kappa shape index (κ1) is 48.2. The van der Waals surface area contributed by atoms with Crippen molar-refractivity contribution in [2.24, 2.45) is 0 Å². The Morgan fingerprint density at radius 2 is 0.520 bits per heavy atom. The minimum absolute atomic E-state index is 0.490. The van der Waals surface area contributed by atoms with E-state index in [1.165, 1.54) is 218 Å². The SMILES string of the molecule is CCCCCCCCCCc1c(CCCCCC)c(CCCCCCCCCC)c(C(Br)CCCC)c(CCCCCC)c1C(Br)CCCC. The second-order valence-electron chi connectivity index (χ2n) is 16.0. The summed E-state index contributed by atoms with van der Waals surface area (Å²) in [6.07, 6.45) is 46.3. The van der Waals surface area contributed by atoms with Gasteiger partial charge in [-0.15, -0.1) is 0 Å². The van der Waals surface area contributed by atoms with Crippen molar-refractivity contribution in [3.8, 4) is 0 Å². The van der Waals surface area contributed by atoms with Crippen molar-refractivity contribution in [2.75, 3.05) is 0 Å². The van der Waals surface area contributed by atoms with Gasteiger partial charge in [0.15, 0.2) is 0 Å². The van der Waals surface area contributed by atoms with Gasteiger partial charge in [0.25, 0.3) is 0 Å². The van der Waals surface area contributed by atoms with Gasteiger partial charge in [0, 0.05) is 9.65 Å². The highest BCUT2D eigenvalue weighted by atomic mass is 79.9. The molecule has 0 aliphatic carbocycles. The highest BCUT2D eigenvalue weighted by Gasteiger charge is 2.29. The van der Waals surface area contributed by atoms with Crippen LogP contribution in [0.1, 0.15) is 277 Å². The number of hydrogen-bond acceptors (Lipinski definition) is 0. The molecule has 1 aromatic rings. The molecule has 294 valence electrons. The topological polar surface area (TPSA) is 0 Å². The Labute approximate surface area is 332 Å². The Balaban J connectivity index is 3.75. The van der Waals surface area contributed by atoms with Gasteiger partial charge in [-0.2, -0.15) is 0 Å². The molecule has 0 saturated heterocycles. The number of rotatable bonds is 36. The molecule has 0 saturated carbocycles. The van der Waals surface area contributed by atoms with E-state index in [9.17, 15) is 0 Å². The van der Waals surface area contributed by atoms with Gasteiger partial charge in [-0.05, 0) is 97.6 Å². The molecule has 2 heteroatoms. The molecule has 0 aromatic heterocycles. The lowest BCUT2D eigenvalue weighted by Crippen LogP contribution is -2.17. The molecular weight excluding hydrogens is 736 g/mol. The molecule has 0 spiro atoms. The van der Waals surface area contributed by atoms with E-state index in [0.717, 1.165) is 0 Å². The Bertz CT molecular complexity index is 845. The van der Waals surface area contributed by atoms with Crippen molar-refractivity contribution >= 4 is 31.9 Å². The van der Waals surface area contributed by atoms with Crippen LogP contribution in [0.2, 0.25) is 0 Å². The van der Waals surface area contributed by atoms with Crippen LogP contribution in [0.4, 0.5) is 0 Å². The summed E-state index contributed by atoms with van der Waals surface area (Å²) >= 11 is 8.88. The molecule has 0 bridgehead atoms. The number of hydrogen-bond donors (Lipinski definition) is 0. The first-order valence-corrected chi connectivity index (χ1v) is 24.8. The normalized spacial score (nSPS) is 13.0. The summed E-state index contributed by atoms with van der Waals surface area (Å²) in [6, 6.07) is 0. The first-order chi connectivity index (χ1) is 24.5. The van der Waals surface area contributed by atoms with Gasteiger partial charge in [0.1, 0.15) is 0 Å². The maximum atomic E-state index is 4.44. The maximum Gasteiger partial charge on any atom is 0.0401 e. The number of unbranched alkanes of at least 4 members (excludes halogenated alkanes) is 22. The molecule has 1 rings (SSSR count). The van der Waals surface area contributed by atoms with Crippen molar-refractivity contribution in [1.29, 1.82) is 0 Å². The molecule has 2 atom stereocenters. The summed E-state index contributed by atoms with van der Waals surface area (Å²) in [7, 11) is 0. The van der Waals surface area contributed by atoms with Gasteiger partial charge in [0.2, 0.25) is 0 Å². The third kappa shape index (κ3) is 20.6. The van der Waals surface area contributed by atoms with E-state index in [0.29, 0.717) is 9.65 Å². The zero-order valence-corrected chi connectivity index (χ0v) is 38.1. The standard InChI is InChI=1S/C48H88Br2/c1-7-13-19-23-25-27-29-33-36-42-41(35-31-21-15-9-3)43(37-34-30-28-26-24-20-14-8-2)48(46(50)40-18-12-6)44(38-32-22-16-10-4)47(42)45(49)39-17-11-5/h45-46H,7-40H2,1-6H3. The summed E-state index contributed by atoms with van der Waals surface area (Å²) < 4.78 is 0. The molecule has 0 radical (unpaired) electrons. The van der Waals surface area contributed by atoms with Gasteiger partial charge in [-0.1, -0.05) is 228 Å². The second-order valence-corrected chi connectivity index (χ2v) is 18.2. The van der Waals surface area contributed by atoms with Gasteiger partial charge in [0.05, 0.1) is 0 Å². The summed E-state index contributed by atoms with van der Waals surface area (Å²) in [5.74, 6) is 0. The molecule has 0 fully saturated rings. The third-order valence-electron chi connectivity index (χ3n) is 11.4. The predicted octanol–water partition coefficient (Wildman–Crippen LogP) is 18.6.